The van der Waals surface area contributed by atoms with Crippen molar-refractivity contribution in [2.24, 2.45) is 0 Å². The second kappa shape index (κ2) is 3.64. The molecule has 1 saturated heterocycles. The number of hydrogen-bond donors (Lipinski definition) is 2. The van der Waals surface area contributed by atoms with Crippen molar-refractivity contribution in [3.05, 3.63) is 36.0 Å². The molecule has 2 aromatic rings. The number of aromatic amines is 1. The average molecular weight is 216 g/mol. The van der Waals surface area contributed by atoms with E-state index in [9.17, 15) is 4.79 Å². The molecule has 1 aromatic heterocycles. The van der Waals surface area contributed by atoms with Gasteiger partial charge in [0.2, 0.25) is 0 Å². The first-order valence-electron chi connectivity index (χ1n) is 5.29. The van der Waals surface area contributed by atoms with Crippen molar-refractivity contribution < 1.29 is 9.53 Å². The van der Waals surface area contributed by atoms with Gasteiger partial charge in [0.05, 0.1) is 19.3 Å². The van der Waals surface area contributed by atoms with Gasteiger partial charge in [-0.15, -0.1) is 0 Å². The number of rotatable bonds is 2. The van der Waals surface area contributed by atoms with Crippen LogP contribution in [0.2, 0.25) is 0 Å². The van der Waals surface area contributed by atoms with Crippen molar-refractivity contribution in [3.8, 4) is 0 Å². The van der Waals surface area contributed by atoms with Crippen molar-refractivity contribution in [1.82, 2.24) is 10.3 Å². The quantitative estimate of drug-likeness (QED) is 0.795. The number of carbonyl (C=O) groups excluding carboxylic acids is 1. The van der Waals surface area contributed by atoms with Gasteiger partial charge < -0.3 is 15.0 Å². The minimum Gasteiger partial charge on any atom is -0.377 e. The summed E-state index contributed by atoms with van der Waals surface area (Å²) in [6.07, 6.45) is 1.84. The summed E-state index contributed by atoms with van der Waals surface area (Å²) in [6, 6.07) is 7.76. The van der Waals surface area contributed by atoms with Gasteiger partial charge in [0.1, 0.15) is 0 Å². The maximum absolute atomic E-state index is 12.0. The molecule has 2 N–H and O–H groups in total. The lowest BCUT2D eigenvalue weighted by molar-refractivity contribution is -0.00343. The normalized spacial score (nSPS) is 16.0. The van der Waals surface area contributed by atoms with Crippen LogP contribution >= 0.6 is 0 Å². The highest BCUT2D eigenvalue weighted by atomic mass is 16.5. The van der Waals surface area contributed by atoms with E-state index in [2.05, 4.69) is 10.3 Å². The molecule has 0 spiro atoms. The van der Waals surface area contributed by atoms with E-state index in [0.717, 1.165) is 10.9 Å². The molecular weight excluding hydrogens is 204 g/mol. The Morgan fingerprint density at radius 3 is 3.00 bits per heavy atom. The predicted octanol–water partition coefficient (Wildman–Crippen LogP) is 1.30. The second-order valence-electron chi connectivity index (χ2n) is 3.95. The van der Waals surface area contributed by atoms with Crippen LogP contribution in [0.25, 0.3) is 10.9 Å². The molecule has 1 aromatic carbocycles. The van der Waals surface area contributed by atoms with E-state index in [1.807, 2.05) is 30.5 Å². The molecule has 1 amide bonds. The molecule has 0 bridgehead atoms. The zero-order valence-corrected chi connectivity index (χ0v) is 8.69. The van der Waals surface area contributed by atoms with Crippen LogP contribution in [-0.2, 0) is 4.74 Å². The van der Waals surface area contributed by atoms with E-state index in [1.54, 1.807) is 0 Å². The van der Waals surface area contributed by atoms with Gasteiger partial charge in [0.25, 0.3) is 5.91 Å². The summed E-state index contributed by atoms with van der Waals surface area (Å²) in [4.78, 5) is 15.1. The highest BCUT2D eigenvalue weighted by Gasteiger charge is 2.21. The van der Waals surface area contributed by atoms with Gasteiger partial charge in [0, 0.05) is 22.7 Å². The molecule has 1 aliphatic rings. The Kier molecular flexibility index (Phi) is 2.15. The molecule has 1 aliphatic heterocycles. The third kappa shape index (κ3) is 1.47. The number of fused-ring (bicyclic) bond motifs is 1. The van der Waals surface area contributed by atoms with E-state index in [4.69, 9.17) is 4.74 Å². The predicted molar refractivity (Wildman–Crippen MR) is 60.4 cm³/mol. The molecular formula is C12H12N2O2. The summed E-state index contributed by atoms with van der Waals surface area (Å²) in [5.41, 5.74) is 1.70. The monoisotopic (exact) mass is 216 g/mol. The number of benzene rings is 1. The first-order valence-corrected chi connectivity index (χ1v) is 5.29. The standard InChI is InChI=1S/C12H12N2O2/c15-12(14-8-6-16-7-8)10-2-1-3-11-9(10)4-5-13-11/h1-5,8,13H,6-7H2,(H,14,15). The molecule has 1 fully saturated rings. The maximum atomic E-state index is 12.0. The third-order valence-corrected chi connectivity index (χ3v) is 2.81. The van der Waals surface area contributed by atoms with Crippen molar-refractivity contribution in [2.75, 3.05) is 13.2 Å². The number of nitrogens with one attached hydrogen (secondary N) is 2. The average Bonchev–Trinajstić information content (AvgIpc) is 2.70. The molecule has 2 heterocycles. The summed E-state index contributed by atoms with van der Waals surface area (Å²) < 4.78 is 5.02. The Morgan fingerprint density at radius 2 is 2.25 bits per heavy atom. The molecule has 4 heteroatoms. The number of amides is 1. The Bertz CT molecular complexity index is 529. The van der Waals surface area contributed by atoms with Crippen molar-refractivity contribution in [3.63, 3.8) is 0 Å². The van der Waals surface area contributed by atoms with Gasteiger partial charge in [-0.2, -0.15) is 0 Å². The van der Waals surface area contributed by atoms with Crippen LogP contribution in [0.15, 0.2) is 30.5 Å². The maximum Gasteiger partial charge on any atom is 0.252 e. The molecule has 82 valence electrons. The summed E-state index contributed by atoms with van der Waals surface area (Å²) in [6.45, 7) is 1.24. The van der Waals surface area contributed by atoms with Gasteiger partial charge in [-0.25, -0.2) is 0 Å². The topological polar surface area (TPSA) is 54.1 Å². The summed E-state index contributed by atoms with van der Waals surface area (Å²) in [5.74, 6) is -0.0292. The van der Waals surface area contributed by atoms with Crippen LogP contribution < -0.4 is 5.32 Å². The van der Waals surface area contributed by atoms with Crippen LogP contribution in [0.3, 0.4) is 0 Å². The lowest BCUT2D eigenvalue weighted by Crippen LogP contribution is -2.48. The smallest absolute Gasteiger partial charge is 0.252 e. The molecule has 4 nitrogen and oxygen atoms in total. The number of aromatic nitrogens is 1. The first kappa shape index (κ1) is 9.42. The number of carbonyl (C=O) groups is 1. The van der Waals surface area contributed by atoms with Crippen LogP contribution in [0, 0.1) is 0 Å². The molecule has 3 rings (SSSR count). The Morgan fingerprint density at radius 1 is 1.38 bits per heavy atom. The minimum atomic E-state index is -0.0292. The third-order valence-electron chi connectivity index (χ3n) is 2.81. The molecule has 0 saturated carbocycles. The molecule has 16 heavy (non-hydrogen) atoms. The van der Waals surface area contributed by atoms with Gasteiger partial charge in [0.15, 0.2) is 0 Å². The number of hydrogen-bond acceptors (Lipinski definition) is 2. The lowest BCUT2D eigenvalue weighted by atomic mass is 10.1. The van der Waals surface area contributed by atoms with Gasteiger partial charge in [-0.3, -0.25) is 4.79 Å². The summed E-state index contributed by atoms with van der Waals surface area (Å²) in [7, 11) is 0. The van der Waals surface area contributed by atoms with E-state index in [0.29, 0.717) is 18.8 Å². The van der Waals surface area contributed by atoms with Crippen molar-refractivity contribution >= 4 is 16.8 Å². The fraction of sp³-hybridized carbons (Fsp3) is 0.250. The van der Waals surface area contributed by atoms with E-state index < -0.39 is 0 Å². The highest BCUT2D eigenvalue weighted by molar-refractivity contribution is 6.06. The zero-order valence-electron chi connectivity index (χ0n) is 8.69. The van der Waals surface area contributed by atoms with Gasteiger partial charge in [-0.05, 0) is 18.2 Å². The van der Waals surface area contributed by atoms with E-state index in [1.165, 1.54) is 0 Å². The zero-order chi connectivity index (χ0) is 11.0. The fourth-order valence-electron chi connectivity index (χ4n) is 1.87. The number of H-pyrrole nitrogens is 1. The summed E-state index contributed by atoms with van der Waals surface area (Å²) in [5, 5.41) is 3.90. The Hall–Kier alpha value is -1.81. The first-order chi connectivity index (χ1) is 7.84. The number of ether oxygens (including phenoxy) is 1. The highest BCUT2D eigenvalue weighted by Crippen LogP contribution is 2.17. The van der Waals surface area contributed by atoms with Gasteiger partial charge in [-0.1, -0.05) is 6.07 Å². The minimum absolute atomic E-state index is 0.0292. The SMILES string of the molecule is O=C(NC1COC1)c1cccc2[nH]ccc12. The molecule has 0 unspecified atom stereocenters. The summed E-state index contributed by atoms with van der Waals surface area (Å²) >= 11 is 0. The van der Waals surface area contributed by atoms with Crippen molar-refractivity contribution in [1.29, 1.82) is 0 Å². The Balaban J connectivity index is 1.91. The van der Waals surface area contributed by atoms with Crippen LogP contribution in [0.4, 0.5) is 0 Å². The molecule has 0 atom stereocenters. The molecule has 0 aliphatic carbocycles. The van der Waals surface area contributed by atoms with E-state index >= 15 is 0 Å². The van der Waals surface area contributed by atoms with Crippen LogP contribution in [-0.4, -0.2) is 30.1 Å². The molecule has 0 radical (unpaired) electrons. The fourth-order valence-corrected chi connectivity index (χ4v) is 1.87. The Labute approximate surface area is 92.6 Å². The van der Waals surface area contributed by atoms with Crippen molar-refractivity contribution in [2.45, 2.75) is 6.04 Å². The van der Waals surface area contributed by atoms with E-state index in [-0.39, 0.29) is 11.9 Å². The van der Waals surface area contributed by atoms with Crippen LogP contribution in [0.1, 0.15) is 10.4 Å². The lowest BCUT2D eigenvalue weighted by Gasteiger charge is -2.26. The second-order valence-corrected chi connectivity index (χ2v) is 3.95. The largest absolute Gasteiger partial charge is 0.377 e. The van der Waals surface area contributed by atoms with Gasteiger partial charge >= 0.3 is 0 Å². The van der Waals surface area contributed by atoms with Crippen LogP contribution in [0.5, 0.6) is 0 Å².